The van der Waals surface area contributed by atoms with Gasteiger partial charge in [0.1, 0.15) is 11.5 Å². The zero-order chi connectivity index (χ0) is 12.8. The van der Waals surface area contributed by atoms with Crippen LogP contribution < -0.4 is 14.8 Å². The molecule has 1 aromatic rings. The number of methoxy groups -OCH3 is 2. The first-order valence-electron chi connectivity index (χ1n) is 5.71. The number of ether oxygens (including phenoxy) is 2. The van der Waals surface area contributed by atoms with E-state index in [1.165, 1.54) is 0 Å². The largest absolute Gasteiger partial charge is 0.497 e. The van der Waals surface area contributed by atoms with Gasteiger partial charge in [0.05, 0.1) is 20.3 Å². The van der Waals surface area contributed by atoms with Gasteiger partial charge in [-0.1, -0.05) is 13.8 Å². The molecule has 1 atom stereocenters. The highest BCUT2D eigenvalue weighted by atomic mass is 16.5. The average Bonchev–Trinajstić information content (AvgIpc) is 2.34. The van der Waals surface area contributed by atoms with E-state index in [9.17, 15) is 5.11 Å². The van der Waals surface area contributed by atoms with Crippen LogP contribution in [0.3, 0.4) is 0 Å². The van der Waals surface area contributed by atoms with Crippen molar-refractivity contribution in [1.82, 2.24) is 5.32 Å². The summed E-state index contributed by atoms with van der Waals surface area (Å²) in [5, 5.41) is 13.2. The summed E-state index contributed by atoms with van der Waals surface area (Å²) < 4.78 is 10.3. The Morgan fingerprint density at radius 1 is 1.12 bits per heavy atom. The molecule has 0 amide bonds. The van der Waals surface area contributed by atoms with Gasteiger partial charge >= 0.3 is 0 Å². The maximum Gasteiger partial charge on any atom is 0.122 e. The first-order valence-corrected chi connectivity index (χ1v) is 5.71. The Balaban J connectivity index is 2.80. The summed E-state index contributed by atoms with van der Waals surface area (Å²) in [6.45, 7) is 4.59. The fraction of sp³-hybridized carbons (Fsp3) is 0.538. The van der Waals surface area contributed by atoms with E-state index in [0.717, 1.165) is 5.56 Å². The fourth-order valence-corrected chi connectivity index (χ4v) is 1.49. The van der Waals surface area contributed by atoms with E-state index in [-0.39, 0.29) is 0 Å². The molecule has 0 aromatic heterocycles. The van der Waals surface area contributed by atoms with Crippen LogP contribution >= 0.6 is 0 Å². The van der Waals surface area contributed by atoms with Crippen molar-refractivity contribution in [3.05, 3.63) is 23.8 Å². The highest BCUT2D eigenvalue weighted by molar-refractivity contribution is 5.39. The van der Waals surface area contributed by atoms with Gasteiger partial charge in [0.2, 0.25) is 0 Å². The SMILES string of the molecule is COc1cc(OC)cc([C@H](O)CNC(C)C)c1. The predicted molar refractivity (Wildman–Crippen MR) is 67.6 cm³/mol. The molecule has 0 radical (unpaired) electrons. The first-order chi connectivity index (χ1) is 8.06. The molecule has 1 rings (SSSR count). The maximum atomic E-state index is 10.0. The highest BCUT2D eigenvalue weighted by Gasteiger charge is 2.11. The van der Waals surface area contributed by atoms with Crippen LogP contribution in [0.15, 0.2) is 18.2 Å². The summed E-state index contributed by atoms with van der Waals surface area (Å²) in [5.41, 5.74) is 0.786. The van der Waals surface area contributed by atoms with Crippen LogP contribution in [0.5, 0.6) is 11.5 Å². The zero-order valence-corrected chi connectivity index (χ0v) is 10.9. The summed E-state index contributed by atoms with van der Waals surface area (Å²) in [4.78, 5) is 0. The van der Waals surface area contributed by atoms with Gasteiger partial charge in [-0.3, -0.25) is 0 Å². The highest BCUT2D eigenvalue weighted by Crippen LogP contribution is 2.26. The molecule has 0 heterocycles. The molecule has 4 nitrogen and oxygen atoms in total. The van der Waals surface area contributed by atoms with Crippen molar-refractivity contribution >= 4 is 0 Å². The van der Waals surface area contributed by atoms with Crippen molar-refractivity contribution in [3.8, 4) is 11.5 Å². The number of hydrogen-bond donors (Lipinski definition) is 2. The van der Waals surface area contributed by atoms with Crippen LogP contribution in [0.1, 0.15) is 25.5 Å². The van der Waals surface area contributed by atoms with Gasteiger partial charge in [-0.2, -0.15) is 0 Å². The van der Waals surface area contributed by atoms with Gasteiger partial charge in [-0.15, -0.1) is 0 Å². The number of aliphatic hydroxyl groups excluding tert-OH is 1. The lowest BCUT2D eigenvalue weighted by Gasteiger charge is -2.16. The number of aliphatic hydroxyl groups is 1. The number of rotatable bonds is 6. The van der Waals surface area contributed by atoms with Crippen LogP contribution in [0.25, 0.3) is 0 Å². The minimum absolute atomic E-state index is 0.345. The van der Waals surface area contributed by atoms with Gasteiger partial charge in [-0.25, -0.2) is 0 Å². The first kappa shape index (κ1) is 13.8. The second-order valence-electron chi connectivity index (χ2n) is 4.22. The van der Waals surface area contributed by atoms with E-state index in [1.807, 2.05) is 26.0 Å². The summed E-state index contributed by atoms with van der Waals surface area (Å²) in [7, 11) is 3.19. The third-order valence-corrected chi connectivity index (χ3v) is 2.48. The van der Waals surface area contributed by atoms with Crippen LogP contribution in [0.2, 0.25) is 0 Å². The number of benzene rings is 1. The Hall–Kier alpha value is -1.26. The molecule has 0 bridgehead atoms. The van der Waals surface area contributed by atoms with Crippen LogP contribution in [0, 0.1) is 0 Å². The minimum Gasteiger partial charge on any atom is -0.497 e. The third-order valence-electron chi connectivity index (χ3n) is 2.48. The molecule has 0 spiro atoms. The normalized spacial score (nSPS) is 12.6. The summed E-state index contributed by atoms with van der Waals surface area (Å²) in [5.74, 6) is 1.37. The standard InChI is InChI=1S/C13H21NO3/c1-9(2)14-8-13(15)10-5-11(16-3)7-12(6-10)17-4/h5-7,9,13-15H,8H2,1-4H3/t13-/m1/s1. The molecule has 0 saturated carbocycles. The van der Waals surface area contributed by atoms with E-state index in [0.29, 0.717) is 24.1 Å². The van der Waals surface area contributed by atoms with E-state index >= 15 is 0 Å². The quantitative estimate of drug-likeness (QED) is 0.794. The van der Waals surface area contributed by atoms with Crippen LogP contribution in [-0.2, 0) is 0 Å². The lowest BCUT2D eigenvalue weighted by molar-refractivity contribution is 0.171. The zero-order valence-electron chi connectivity index (χ0n) is 10.9. The molecule has 2 N–H and O–H groups in total. The number of hydrogen-bond acceptors (Lipinski definition) is 4. The van der Waals surface area contributed by atoms with Gasteiger partial charge in [0, 0.05) is 18.7 Å². The molecule has 1 aromatic carbocycles. The van der Waals surface area contributed by atoms with E-state index in [2.05, 4.69) is 5.32 Å². The minimum atomic E-state index is -0.568. The summed E-state index contributed by atoms with van der Waals surface area (Å²) in [6.07, 6.45) is -0.568. The second-order valence-corrected chi connectivity index (χ2v) is 4.22. The molecule has 17 heavy (non-hydrogen) atoms. The number of nitrogens with one attached hydrogen (secondary N) is 1. The molecule has 96 valence electrons. The molecule has 0 aliphatic heterocycles. The Kier molecular flexibility index (Phi) is 5.25. The molecular weight excluding hydrogens is 218 g/mol. The lowest BCUT2D eigenvalue weighted by atomic mass is 10.1. The summed E-state index contributed by atoms with van der Waals surface area (Å²) in [6, 6.07) is 5.76. The Morgan fingerprint density at radius 3 is 2.06 bits per heavy atom. The van der Waals surface area contributed by atoms with Gasteiger partial charge in [0.15, 0.2) is 0 Å². The Bertz CT molecular complexity index is 330. The fourth-order valence-electron chi connectivity index (χ4n) is 1.49. The lowest BCUT2D eigenvalue weighted by Crippen LogP contribution is -2.27. The molecule has 4 heteroatoms. The van der Waals surface area contributed by atoms with Crippen molar-refractivity contribution in [2.45, 2.75) is 26.0 Å². The topological polar surface area (TPSA) is 50.7 Å². The van der Waals surface area contributed by atoms with Crippen LogP contribution in [0.4, 0.5) is 0 Å². The van der Waals surface area contributed by atoms with Crippen molar-refractivity contribution < 1.29 is 14.6 Å². The van der Waals surface area contributed by atoms with Crippen molar-refractivity contribution in [3.63, 3.8) is 0 Å². The monoisotopic (exact) mass is 239 g/mol. The van der Waals surface area contributed by atoms with Gasteiger partial charge in [-0.05, 0) is 17.7 Å². The van der Waals surface area contributed by atoms with Crippen LogP contribution in [-0.4, -0.2) is 31.9 Å². The third kappa shape index (κ3) is 4.24. The molecule has 0 saturated heterocycles. The van der Waals surface area contributed by atoms with E-state index in [4.69, 9.17) is 9.47 Å². The molecular formula is C13H21NO3. The summed E-state index contributed by atoms with van der Waals surface area (Å²) >= 11 is 0. The van der Waals surface area contributed by atoms with Crippen molar-refractivity contribution in [1.29, 1.82) is 0 Å². The van der Waals surface area contributed by atoms with E-state index in [1.54, 1.807) is 20.3 Å². The van der Waals surface area contributed by atoms with Gasteiger partial charge in [0.25, 0.3) is 0 Å². The molecule has 0 fully saturated rings. The van der Waals surface area contributed by atoms with Gasteiger partial charge < -0.3 is 19.9 Å². The van der Waals surface area contributed by atoms with E-state index < -0.39 is 6.10 Å². The molecule has 0 aliphatic carbocycles. The smallest absolute Gasteiger partial charge is 0.122 e. The maximum absolute atomic E-state index is 10.0. The van der Waals surface area contributed by atoms with Crippen molar-refractivity contribution in [2.75, 3.05) is 20.8 Å². The van der Waals surface area contributed by atoms with Crippen molar-refractivity contribution in [2.24, 2.45) is 0 Å². The second kappa shape index (κ2) is 6.47. The molecule has 0 aliphatic rings. The Morgan fingerprint density at radius 2 is 1.65 bits per heavy atom. The predicted octanol–water partition coefficient (Wildman–Crippen LogP) is 1.74. The Labute approximate surface area is 103 Å². The average molecular weight is 239 g/mol. The molecule has 0 unspecified atom stereocenters.